The van der Waals surface area contributed by atoms with Crippen LogP contribution in [0.25, 0.3) is 11.5 Å². The topological polar surface area (TPSA) is 50.7 Å². The maximum atomic E-state index is 4.54. The molecule has 94 valence electrons. The van der Waals surface area contributed by atoms with Crippen LogP contribution in [0.2, 0.25) is 0 Å². The minimum atomic E-state index is 0.674. The fourth-order valence-electron chi connectivity index (χ4n) is 1.62. The molecule has 1 N–H and O–H groups in total. The van der Waals surface area contributed by atoms with Gasteiger partial charge in [0.2, 0.25) is 0 Å². The van der Waals surface area contributed by atoms with Crippen molar-refractivity contribution in [1.82, 2.24) is 15.0 Å². The minimum absolute atomic E-state index is 0.674. The smallest absolute Gasteiger partial charge is 0.180 e. The highest BCUT2D eigenvalue weighted by atomic mass is 127. The lowest BCUT2D eigenvalue weighted by Crippen LogP contribution is -2.06. The Morgan fingerprint density at radius 2 is 2.06 bits per heavy atom. The Morgan fingerprint density at radius 1 is 1.28 bits per heavy atom. The van der Waals surface area contributed by atoms with E-state index in [0.29, 0.717) is 5.82 Å². The summed E-state index contributed by atoms with van der Waals surface area (Å²) in [4.78, 5) is 13.4. The van der Waals surface area contributed by atoms with Gasteiger partial charge in [0, 0.05) is 12.7 Å². The second-order valence-corrected chi connectivity index (χ2v) is 5.12. The third-order valence-corrected chi connectivity index (χ3v) is 3.80. The van der Waals surface area contributed by atoms with Crippen molar-refractivity contribution in [2.75, 3.05) is 11.9 Å². The van der Waals surface area contributed by atoms with Crippen LogP contribution < -0.4 is 5.32 Å². The fourth-order valence-corrected chi connectivity index (χ4v) is 2.05. The number of nitrogens with one attached hydrogen (secondary N) is 1. The van der Waals surface area contributed by atoms with Crippen LogP contribution in [-0.2, 0) is 0 Å². The highest BCUT2D eigenvalue weighted by Gasteiger charge is 2.11. The van der Waals surface area contributed by atoms with Gasteiger partial charge in [-0.1, -0.05) is 0 Å². The minimum Gasteiger partial charge on any atom is -0.369 e. The van der Waals surface area contributed by atoms with Crippen LogP contribution in [0.4, 0.5) is 5.82 Å². The second-order valence-electron chi connectivity index (χ2n) is 4.04. The summed E-state index contributed by atoms with van der Waals surface area (Å²) in [5, 5.41) is 3.26. The predicted octanol–water partition coefficient (Wildman–Crippen LogP) is 3.19. The van der Waals surface area contributed by atoms with E-state index in [0.717, 1.165) is 32.9 Å². The van der Waals surface area contributed by atoms with Crippen molar-refractivity contribution >= 4 is 28.4 Å². The average Bonchev–Trinajstić information content (AvgIpc) is 2.35. The Kier molecular flexibility index (Phi) is 4.11. The lowest BCUT2D eigenvalue weighted by molar-refractivity contribution is 1.05. The van der Waals surface area contributed by atoms with Crippen molar-refractivity contribution in [3.63, 3.8) is 0 Å². The van der Waals surface area contributed by atoms with Crippen LogP contribution in [0.15, 0.2) is 18.3 Å². The van der Waals surface area contributed by atoms with Gasteiger partial charge in [-0.25, -0.2) is 9.97 Å². The van der Waals surface area contributed by atoms with E-state index in [2.05, 4.69) is 49.8 Å². The molecule has 2 rings (SSSR count). The van der Waals surface area contributed by atoms with Gasteiger partial charge in [0.1, 0.15) is 11.5 Å². The summed E-state index contributed by atoms with van der Waals surface area (Å²) < 4.78 is 1.06. The molecule has 5 heteroatoms. The van der Waals surface area contributed by atoms with E-state index >= 15 is 0 Å². The van der Waals surface area contributed by atoms with Gasteiger partial charge in [-0.2, -0.15) is 0 Å². The summed E-state index contributed by atoms with van der Waals surface area (Å²) >= 11 is 2.26. The average molecular weight is 354 g/mol. The Bertz CT molecular complexity index is 569. The van der Waals surface area contributed by atoms with Crippen LogP contribution in [0.3, 0.4) is 0 Å². The molecule has 4 nitrogen and oxygen atoms in total. The molecule has 0 saturated carbocycles. The molecule has 0 aliphatic heterocycles. The van der Waals surface area contributed by atoms with Gasteiger partial charge in [-0.15, -0.1) is 0 Å². The molecule has 2 aromatic heterocycles. The van der Waals surface area contributed by atoms with Gasteiger partial charge >= 0.3 is 0 Å². The van der Waals surface area contributed by atoms with Gasteiger partial charge in [0.05, 0.1) is 9.26 Å². The third kappa shape index (κ3) is 2.77. The Morgan fingerprint density at radius 3 is 2.72 bits per heavy atom. The highest BCUT2D eigenvalue weighted by molar-refractivity contribution is 14.1. The summed E-state index contributed by atoms with van der Waals surface area (Å²) in [5.74, 6) is 1.55. The molecule has 0 aliphatic rings. The van der Waals surface area contributed by atoms with E-state index in [9.17, 15) is 0 Å². The number of hydrogen-bond donors (Lipinski definition) is 1. The number of aryl methyl sites for hydroxylation is 2. The van der Waals surface area contributed by atoms with Crippen LogP contribution in [-0.4, -0.2) is 21.5 Å². The molecule has 0 aromatic carbocycles. The number of pyridine rings is 1. The van der Waals surface area contributed by atoms with E-state index in [1.807, 2.05) is 26.0 Å². The SMILES string of the molecule is CCNc1nc(-c2cc(C)ccn2)nc(C)c1I. The molecule has 0 spiro atoms. The lowest BCUT2D eigenvalue weighted by atomic mass is 10.2. The van der Waals surface area contributed by atoms with E-state index < -0.39 is 0 Å². The van der Waals surface area contributed by atoms with Crippen molar-refractivity contribution in [3.05, 3.63) is 33.2 Å². The Balaban J connectivity index is 2.51. The monoisotopic (exact) mass is 354 g/mol. The molecule has 0 bridgehead atoms. The summed E-state index contributed by atoms with van der Waals surface area (Å²) in [6, 6.07) is 3.96. The first-order chi connectivity index (χ1) is 8.61. The number of anilines is 1. The van der Waals surface area contributed by atoms with E-state index in [-0.39, 0.29) is 0 Å². The van der Waals surface area contributed by atoms with Crippen LogP contribution in [0.1, 0.15) is 18.2 Å². The number of aromatic nitrogens is 3. The predicted molar refractivity (Wildman–Crippen MR) is 81.6 cm³/mol. The van der Waals surface area contributed by atoms with Gasteiger partial charge in [0.25, 0.3) is 0 Å². The zero-order chi connectivity index (χ0) is 13.1. The normalized spacial score (nSPS) is 10.4. The van der Waals surface area contributed by atoms with E-state index in [1.54, 1.807) is 6.20 Å². The maximum absolute atomic E-state index is 4.54. The highest BCUT2D eigenvalue weighted by Crippen LogP contribution is 2.22. The van der Waals surface area contributed by atoms with Crippen LogP contribution >= 0.6 is 22.6 Å². The molecule has 0 radical (unpaired) electrons. The van der Waals surface area contributed by atoms with Crippen molar-refractivity contribution in [2.24, 2.45) is 0 Å². The molecular formula is C13H15IN4. The molecule has 2 aromatic rings. The van der Waals surface area contributed by atoms with Gasteiger partial charge in [-0.3, -0.25) is 4.98 Å². The standard InChI is InChI=1S/C13H15IN4/c1-4-15-13-11(14)9(3)17-12(18-13)10-7-8(2)5-6-16-10/h5-7H,4H2,1-3H3,(H,15,17,18). The first-order valence-corrected chi connectivity index (χ1v) is 6.90. The Labute approximate surface area is 120 Å². The van der Waals surface area contributed by atoms with Crippen LogP contribution in [0, 0.1) is 17.4 Å². The molecule has 0 unspecified atom stereocenters. The first kappa shape index (κ1) is 13.2. The Hall–Kier alpha value is -1.24. The molecule has 0 aliphatic carbocycles. The van der Waals surface area contributed by atoms with E-state index in [1.165, 1.54) is 0 Å². The summed E-state index contributed by atoms with van der Waals surface area (Å²) in [7, 11) is 0. The number of rotatable bonds is 3. The summed E-state index contributed by atoms with van der Waals surface area (Å²) in [6.45, 7) is 6.92. The van der Waals surface area contributed by atoms with Gasteiger partial charge in [0.15, 0.2) is 5.82 Å². The third-order valence-electron chi connectivity index (χ3n) is 2.51. The van der Waals surface area contributed by atoms with Crippen molar-refractivity contribution in [3.8, 4) is 11.5 Å². The number of halogens is 1. The quantitative estimate of drug-likeness (QED) is 0.861. The zero-order valence-electron chi connectivity index (χ0n) is 10.7. The first-order valence-electron chi connectivity index (χ1n) is 5.83. The summed E-state index contributed by atoms with van der Waals surface area (Å²) in [6.07, 6.45) is 1.79. The maximum Gasteiger partial charge on any atom is 0.180 e. The molecule has 2 heterocycles. The molecule has 0 saturated heterocycles. The molecule has 18 heavy (non-hydrogen) atoms. The molecule has 0 atom stereocenters. The van der Waals surface area contributed by atoms with Crippen molar-refractivity contribution in [1.29, 1.82) is 0 Å². The largest absolute Gasteiger partial charge is 0.369 e. The second kappa shape index (κ2) is 5.60. The van der Waals surface area contributed by atoms with Crippen molar-refractivity contribution < 1.29 is 0 Å². The van der Waals surface area contributed by atoms with Gasteiger partial charge in [-0.05, 0) is 61.1 Å². The van der Waals surface area contributed by atoms with Crippen LogP contribution in [0.5, 0.6) is 0 Å². The fraction of sp³-hybridized carbons (Fsp3) is 0.308. The van der Waals surface area contributed by atoms with Crippen molar-refractivity contribution in [2.45, 2.75) is 20.8 Å². The molecular weight excluding hydrogens is 339 g/mol. The summed E-state index contributed by atoms with van der Waals surface area (Å²) in [5.41, 5.74) is 2.94. The van der Waals surface area contributed by atoms with Gasteiger partial charge < -0.3 is 5.32 Å². The van der Waals surface area contributed by atoms with E-state index in [4.69, 9.17) is 0 Å². The zero-order valence-corrected chi connectivity index (χ0v) is 12.8. The number of nitrogens with zero attached hydrogens (tertiary/aromatic N) is 3. The molecule has 0 amide bonds. The molecule has 0 fully saturated rings. The lowest BCUT2D eigenvalue weighted by Gasteiger charge is -2.09. The number of hydrogen-bond acceptors (Lipinski definition) is 4.